The highest BCUT2D eigenvalue weighted by atomic mass is 32.2. The molecule has 8 aromatic rings. The lowest BCUT2D eigenvalue weighted by Crippen LogP contribution is -2.14. The summed E-state index contributed by atoms with van der Waals surface area (Å²) in [6.07, 6.45) is 0. The van der Waals surface area contributed by atoms with E-state index in [9.17, 15) is 0 Å². The summed E-state index contributed by atoms with van der Waals surface area (Å²) in [5.74, 6) is 0. The molecule has 320 valence electrons. The number of hydrogen-bond donors (Lipinski definition) is 0. The van der Waals surface area contributed by atoms with Crippen LogP contribution in [0.25, 0.3) is 22.3 Å². The molecule has 0 bridgehead atoms. The fraction of sp³-hybridized carbons (Fsp3) is 0.0968. The van der Waals surface area contributed by atoms with Crippen molar-refractivity contribution < 1.29 is 0 Å². The molecule has 0 fully saturated rings. The Balaban J connectivity index is 1.40. The van der Waals surface area contributed by atoms with E-state index in [4.69, 9.17) is 0 Å². The van der Waals surface area contributed by atoms with Gasteiger partial charge in [-0.1, -0.05) is 191 Å². The molecule has 0 saturated heterocycles. The van der Waals surface area contributed by atoms with Gasteiger partial charge in [0.05, 0.1) is 11.1 Å². The first-order valence-electron chi connectivity index (χ1n) is 22.7. The Morgan fingerprint density at radius 1 is 0.242 bits per heavy atom. The Morgan fingerprint density at radius 3 is 0.727 bits per heavy atom. The molecular formula is C62H52N2S2+2. The van der Waals surface area contributed by atoms with Gasteiger partial charge in [0.1, 0.15) is 0 Å². The number of thioether (sulfide) groups is 2. The Bertz CT molecular complexity index is 2930. The Labute approximate surface area is 398 Å². The number of aryl methyl sites for hydroxylation is 6. The van der Waals surface area contributed by atoms with Crippen LogP contribution in [0.3, 0.4) is 0 Å². The first-order valence-corrected chi connectivity index (χ1v) is 24.3. The lowest BCUT2D eigenvalue weighted by atomic mass is 9.90. The van der Waals surface area contributed by atoms with Crippen LogP contribution in [0.5, 0.6) is 0 Å². The van der Waals surface area contributed by atoms with Gasteiger partial charge in [0.25, 0.3) is 10.1 Å². The zero-order valence-corrected chi connectivity index (χ0v) is 40.0. The maximum atomic E-state index is 2.48. The maximum absolute atomic E-state index is 2.48. The van der Waals surface area contributed by atoms with Crippen LogP contribution in [0.4, 0.5) is 22.7 Å². The van der Waals surface area contributed by atoms with Crippen LogP contribution in [0, 0.1) is 41.5 Å². The van der Waals surface area contributed by atoms with Crippen molar-refractivity contribution in [3.8, 4) is 0 Å². The molecule has 0 amide bonds. The Kier molecular flexibility index (Phi) is 12.0. The van der Waals surface area contributed by atoms with Crippen molar-refractivity contribution in [1.82, 2.24) is 9.15 Å². The van der Waals surface area contributed by atoms with Crippen molar-refractivity contribution in [1.29, 1.82) is 0 Å². The summed E-state index contributed by atoms with van der Waals surface area (Å²) in [5, 5.41) is 2.33. The maximum Gasteiger partial charge on any atom is 0.259 e. The number of allylic oxidation sites excluding steroid dienone is 2. The third-order valence-electron chi connectivity index (χ3n) is 12.4. The first kappa shape index (κ1) is 42.9. The minimum atomic E-state index is 1.12. The van der Waals surface area contributed by atoms with Gasteiger partial charge in [-0.3, -0.25) is 0 Å². The lowest BCUT2D eigenvalue weighted by molar-refractivity contribution is 1.09. The highest BCUT2D eigenvalue weighted by molar-refractivity contribution is 8.23. The van der Waals surface area contributed by atoms with Crippen LogP contribution >= 0.6 is 23.5 Å². The summed E-state index contributed by atoms with van der Waals surface area (Å²) in [5.41, 5.74) is 21.4. The van der Waals surface area contributed by atoms with Gasteiger partial charge in [0.2, 0.25) is 22.7 Å². The van der Waals surface area contributed by atoms with Crippen LogP contribution in [0.2, 0.25) is 0 Å². The molecule has 0 atom stereocenters. The number of nitrogens with zero attached hydrogens (tertiary/aromatic N) is 2. The predicted molar refractivity (Wildman–Crippen MR) is 289 cm³/mol. The zero-order chi connectivity index (χ0) is 45.3. The zero-order valence-electron chi connectivity index (χ0n) is 38.3. The van der Waals surface area contributed by atoms with Gasteiger partial charge in [-0.2, -0.15) is 0 Å². The summed E-state index contributed by atoms with van der Waals surface area (Å²) >= 11 is 3.79. The molecular weight excluding hydrogens is 837 g/mol. The highest BCUT2D eigenvalue weighted by Crippen LogP contribution is 2.59. The molecule has 2 heterocycles. The van der Waals surface area contributed by atoms with Crippen LogP contribution in [-0.4, -0.2) is 10.1 Å². The Hall–Kier alpha value is -6.98. The van der Waals surface area contributed by atoms with Crippen molar-refractivity contribution in [3.63, 3.8) is 0 Å². The predicted octanol–water partition coefficient (Wildman–Crippen LogP) is 16.6. The van der Waals surface area contributed by atoms with Gasteiger partial charge in [0.15, 0.2) is 0 Å². The molecule has 0 saturated carbocycles. The normalized spacial score (nSPS) is 14.9. The van der Waals surface area contributed by atoms with E-state index >= 15 is 0 Å². The summed E-state index contributed by atoms with van der Waals surface area (Å²) in [6.45, 7) is 13.0. The molecule has 8 aromatic carbocycles. The summed E-state index contributed by atoms with van der Waals surface area (Å²) < 4.78 is 4.96. The third kappa shape index (κ3) is 8.51. The van der Waals surface area contributed by atoms with Crippen molar-refractivity contribution in [2.45, 2.75) is 41.5 Å². The summed E-state index contributed by atoms with van der Waals surface area (Å²) in [4.78, 5) is 2.46. The number of rotatable bonds is 8. The molecule has 2 aliphatic rings. The van der Waals surface area contributed by atoms with E-state index in [1.807, 2.05) is 23.5 Å². The first-order chi connectivity index (χ1) is 32.2. The van der Waals surface area contributed by atoms with Crippen molar-refractivity contribution in [3.05, 3.63) is 272 Å². The van der Waals surface area contributed by atoms with Gasteiger partial charge >= 0.3 is 0 Å². The van der Waals surface area contributed by atoms with Gasteiger partial charge in [0, 0.05) is 69.5 Å². The van der Waals surface area contributed by atoms with Crippen molar-refractivity contribution in [2.24, 2.45) is 0 Å². The minimum Gasteiger partial charge on any atom is -0.147 e. The van der Waals surface area contributed by atoms with Gasteiger partial charge in [-0.25, -0.2) is 0 Å². The fourth-order valence-corrected chi connectivity index (χ4v) is 11.7. The van der Waals surface area contributed by atoms with Crippen LogP contribution < -0.4 is 9.15 Å². The van der Waals surface area contributed by atoms with E-state index in [2.05, 4.69) is 257 Å². The van der Waals surface area contributed by atoms with Crippen LogP contribution in [0.15, 0.2) is 216 Å². The molecule has 0 aliphatic carbocycles. The molecule has 66 heavy (non-hydrogen) atoms. The van der Waals surface area contributed by atoms with Gasteiger partial charge < -0.3 is 0 Å². The second kappa shape index (κ2) is 18.5. The second-order valence-corrected chi connectivity index (χ2v) is 19.4. The standard InChI is InChI=1S/C62H52N2S2/c1-41-17-29-49(30-18-41)55-57(47-13-9-7-10-14-47)61(63(51-33-21-43(3)22-34-51)52-35-23-44(4)24-36-52)65-59(55)60-56(50-31-19-42(2)20-32-50)58(48-15-11-8-12-16-48)62(66-60)64(53-37-25-45(5)26-38-53)54-39-27-46(6)28-40-54/h7-40H,1-6H3/q+2/b60-59-. The monoisotopic (exact) mass is 888 g/mol. The molecule has 0 N–H and O–H groups in total. The van der Waals surface area contributed by atoms with E-state index in [0.717, 1.165) is 22.7 Å². The number of benzene rings is 8. The van der Waals surface area contributed by atoms with E-state index in [-0.39, 0.29) is 0 Å². The van der Waals surface area contributed by atoms with Crippen LogP contribution in [-0.2, 0) is 0 Å². The smallest absolute Gasteiger partial charge is 0.147 e. The SMILES string of the molecule is Cc1ccc(C2=C(c3ccccc3)C(=[N+](c3ccc(C)cc3)c3ccc(C)cc3)S/C2=C2\SC(=[N+](c3ccc(C)cc3)c3ccc(C)cc3)C(c3ccccc3)=C2c2ccc(C)cc2)cc1. The van der Waals surface area contributed by atoms with Crippen molar-refractivity contribution in [2.75, 3.05) is 0 Å². The van der Waals surface area contributed by atoms with E-state index in [1.54, 1.807) is 0 Å². The molecule has 10 rings (SSSR count). The quantitative estimate of drug-likeness (QED) is 0.140. The molecule has 2 aliphatic heterocycles. The molecule has 0 unspecified atom stereocenters. The second-order valence-electron chi connectivity index (χ2n) is 17.4. The number of hydrogen-bond acceptors (Lipinski definition) is 2. The average molecular weight is 889 g/mol. The third-order valence-corrected chi connectivity index (χ3v) is 14.9. The molecule has 0 aromatic heterocycles. The van der Waals surface area contributed by atoms with E-state index in [1.165, 1.54) is 97.8 Å². The molecule has 2 nitrogen and oxygen atoms in total. The molecule has 0 radical (unpaired) electrons. The molecule has 4 heteroatoms. The van der Waals surface area contributed by atoms with E-state index in [0.29, 0.717) is 0 Å². The van der Waals surface area contributed by atoms with E-state index < -0.39 is 0 Å². The van der Waals surface area contributed by atoms with Gasteiger partial charge in [-0.15, -0.1) is 9.15 Å². The molecule has 0 spiro atoms. The fourth-order valence-electron chi connectivity index (χ4n) is 8.75. The lowest BCUT2D eigenvalue weighted by Gasteiger charge is -2.13. The largest absolute Gasteiger partial charge is 0.259 e. The minimum absolute atomic E-state index is 1.12. The van der Waals surface area contributed by atoms with Crippen molar-refractivity contribution >= 4 is 78.7 Å². The Morgan fingerprint density at radius 2 is 0.470 bits per heavy atom. The average Bonchev–Trinajstić information content (AvgIpc) is 3.92. The summed E-state index contributed by atoms with van der Waals surface area (Å²) in [6, 6.07) is 76.4. The topological polar surface area (TPSA) is 6.02 Å². The summed E-state index contributed by atoms with van der Waals surface area (Å²) in [7, 11) is 0. The van der Waals surface area contributed by atoms with Crippen LogP contribution in [0.1, 0.15) is 55.6 Å². The van der Waals surface area contributed by atoms with Gasteiger partial charge in [-0.05, 0) is 87.3 Å². The highest BCUT2D eigenvalue weighted by Gasteiger charge is 2.45.